The number of amides is 1. The monoisotopic (exact) mass is 270 g/mol. The van der Waals surface area contributed by atoms with Crippen molar-refractivity contribution >= 4 is 12.1 Å². The SMILES string of the molecule is O=C(NN=Cc1ccccc1O)C(O)c1ccccc1. The summed E-state index contributed by atoms with van der Waals surface area (Å²) in [5, 5.41) is 23.0. The van der Waals surface area contributed by atoms with Crippen molar-refractivity contribution in [1.29, 1.82) is 0 Å². The Balaban J connectivity index is 1.97. The van der Waals surface area contributed by atoms with Crippen LogP contribution in [0, 0.1) is 0 Å². The number of aliphatic hydroxyl groups excluding tert-OH is 1. The van der Waals surface area contributed by atoms with Crippen LogP contribution in [0.4, 0.5) is 0 Å². The van der Waals surface area contributed by atoms with E-state index in [2.05, 4.69) is 10.5 Å². The quantitative estimate of drug-likeness (QED) is 0.582. The molecule has 3 N–H and O–H groups in total. The second-order valence-corrected chi connectivity index (χ2v) is 4.11. The van der Waals surface area contributed by atoms with Gasteiger partial charge in [-0.3, -0.25) is 4.79 Å². The van der Waals surface area contributed by atoms with Gasteiger partial charge in [0.05, 0.1) is 6.21 Å². The Morgan fingerprint density at radius 3 is 2.45 bits per heavy atom. The fraction of sp³-hybridized carbons (Fsp3) is 0.0667. The standard InChI is InChI=1S/C15H14N2O3/c18-13-9-5-4-8-12(13)10-16-17-15(20)14(19)11-6-2-1-3-7-11/h1-10,14,18-19H,(H,17,20). The van der Waals surface area contributed by atoms with Crippen molar-refractivity contribution in [2.75, 3.05) is 0 Å². The highest BCUT2D eigenvalue weighted by Crippen LogP contribution is 2.13. The highest BCUT2D eigenvalue weighted by Gasteiger charge is 2.15. The topological polar surface area (TPSA) is 81.9 Å². The van der Waals surface area contributed by atoms with Crippen molar-refractivity contribution < 1.29 is 15.0 Å². The molecule has 0 aliphatic rings. The maximum absolute atomic E-state index is 11.7. The lowest BCUT2D eigenvalue weighted by Gasteiger charge is -2.08. The summed E-state index contributed by atoms with van der Waals surface area (Å²) in [7, 11) is 0. The molecule has 0 aliphatic carbocycles. The van der Waals surface area contributed by atoms with Crippen LogP contribution in [0.15, 0.2) is 59.7 Å². The van der Waals surface area contributed by atoms with E-state index in [0.29, 0.717) is 11.1 Å². The third-order valence-electron chi connectivity index (χ3n) is 2.68. The number of aromatic hydroxyl groups is 1. The fourth-order valence-electron chi connectivity index (χ4n) is 1.61. The molecule has 2 rings (SSSR count). The third kappa shape index (κ3) is 3.43. The number of hydrazone groups is 1. The number of carbonyl (C=O) groups excluding carboxylic acids is 1. The number of phenols is 1. The van der Waals surface area contributed by atoms with Crippen LogP contribution in [0.2, 0.25) is 0 Å². The number of hydrogen-bond acceptors (Lipinski definition) is 4. The zero-order valence-corrected chi connectivity index (χ0v) is 10.6. The number of rotatable bonds is 4. The number of aliphatic hydroxyl groups is 1. The molecule has 0 saturated carbocycles. The van der Waals surface area contributed by atoms with Crippen LogP contribution in [-0.2, 0) is 4.79 Å². The molecule has 1 amide bonds. The molecular formula is C15H14N2O3. The van der Waals surface area contributed by atoms with E-state index in [1.165, 1.54) is 12.3 Å². The molecule has 5 heteroatoms. The predicted molar refractivity (Wildman–Crippen MR) is 75.2 cm³/mol. The number of phenolic OH excluding ortho intramolecular Hbond substituents is 1. The van der Waals surface area contributed by atoms with E-state index in [0.717, 1.165) is 0 Å². The highest BCUT2D eigenvalue weighted by molar-refractivity contribution is 5.86. The summed E-state index contributed by atoms with van der Waals surface area (Å²) in [5.74, 6) is -0.572. The maximum atomic E-state index is 11.7. The summed E-state index contributed by atoms with van der Waals surface area (Å²) in [6.45, 7) is 0. The van der Waals surface area contributed by atoms with Crippen LogP contribution in [0.1, 0.15) is 17.2 Å². The van der Waals surface area contributed by atoms with E-state index in [-0.39, 0.29) is 5.75 Å². The molecule has 0 radical (unpaired) electrons. The van der Waals surface area contributed by atoms with Crippen molar-refractivity contribution in [1.82, 2.24) is 5.43 Å². The smallest absolute Gasteiger partial charge is 0.273 e. The molecule has 5 nitrogen and oxygen atoms in total. The summed E-state index contributed by atoms with van der Waals surface area (Å²) < 4.78 is 0. The number of nitrogens with zero attached hydrogens (tertiary/aromatic N) is 1. The number of carbonyl (C=O) groups is 1. The van der Waals surface area contributed by atoms with Gasteiger partial charge in [-0.15, -0.1) is 0 Å². The number of benzene rings is 2. The average molecular weight is 270 g/mol. The Bertz CT molecular complexity index is 612. The Morgan fingerprint density at radius 1 is 1.10 bits per heavy atom. The Morgan fingerprint density at radius 2 is 1.75 bits per heavy atom. The van der Waals surface area contributed by atoms with Crippen molar-refractivity contribution in [3.05, 3.63) is 65.7 Å². The molecule has 0 spiro atoms. The Labute approximate surface area is 116 Å². The highest BCUT2D eigenvalue weighted by atomic mass is 16.3. The Hall–Kier alpha value is -2.66. The first-order valence-electron chi connectivity index (χ1n) is 6.02. The largest absolute Gasteiger partial charge is 0.507 e. The molecular weight excluding hydrogens is 256 g/mol. The van der Waals surface area contributed by atoms with E-state index in [1.54, 1.807) is 48.5 Å². The zero-order chi connectivity index (χ0) is 14.4. The minimum Gasteiger partial charge on any atom is -0.507 e. The Kier molecular flexibility index (Phi) is 4.47. The molecule has 2 aromatic rings. The minimum absolute atomic E-state index is 0.0640. The van der Waals surface area contributed by atoms with Crippen LogP contribution in [0.3, 0.4) is 0 Å². The lowest BCUT2D eigenvalue weighted by atomic mass is 10.1. The van der Waals surface area contributed by atoms with Crippen molar-refractivity contribution in [2.45, 2.75) is 6.10 Å². The van der Waals surface area contributed by atoms with E-state index in [1.807, 2.05) is 0 Å². The lowest BCUT2D eigenvalue weighted by Crippen LogP contribution is -2.25. The van der Waals surface area contributed by atoms with Gasteiger partial charge in [0.15, 0.2) is 6.10 Å². The van der Waals surface area contributed by atoms with Crippen LogP contribution in [-0.4, -0.2) is 22.3 Å². The zero-order valence-electron chi connectivity index (χ0n) is 10.6. The predicted octanol–water partition coefficient (Wildman–Crippen LogP) is 1.58. The van der Waals surface area contributed by atoms with Crippen LogP contribution >= 0.6 is 0 Å². The maximum Gasteiger partial charge on any atom is 0.273 e. The van der Waals surface area contributed by atoms with Gasteiger partial charge in [-0.25, -0.2) is 5.43 Å². The number of nitrogens with one attached hydrogen (secondary N) is 1. The molecule has 0 saturated heterocycles. The van der Waals surface area contributed by atoms with E-state index < -0.39 is 12.0 Å². The first-order chi connectivity index (χ1) is 9.68. The lowest BCUT2D eigenvalue weighted by molar-refractivity contribution is -0.129. The van der Waals surface area contributed by atoms with Gasteiger partial charge in [0.2, 0.25) is 0 Å². The van der Waals surface area contributed by atoms with Crippen LogP contribution in [0.25, 0.3) is 0 Å². The van der Waals surface area contributed by atoms with Crippen molar-refractivity contribution in [3.63, 3.8) is 0 Å². The van der Waals surface area contributed by atoms with E-state index >= 15 is 0 Å². The summed E-state index contributed by atoms with van der Waals surface area (Å²) in [5.41, 5.74) is 3.19. The van der Waals surface area contributed by atoms with Gasteiger partial charge in [-0.05, 0) is 17.7 Å². The normalized spacial score (nSPS) is 12.2. The second-order valence-electron chi connectivity index (χ2n) is 4.11. The number of hydrogen-bond donors (Lipinski definition) is 3. The van der Waals surface area contributed by atoms with Crippen LogP contribution < -0.4 is 5.43 Å². The summed E-state index contributed by atoms with van der Waals surface area (Å²) >= 11 is 0. The number of para-hydroxylation sites is 1. The summed E-state index contributed by atoms with van der Waals surface area (Å²) in [6, 6.07) is 15.2. The molecule has 0 bridgehead atoms. The minimum atomic E-state index is -1.28. The van der Waals surface area contributed by atoms with Gasteiger partial charge in [0.1, 0.15) is 5.75 Å². The second kappa shape index (κ2) is 6.49. The molecule has 0 fully saturated rings. The van der Waals surface area contributed by atoms with Crippen molar-refractivity contribution in [2.24, 2.45) is 5.10 Å². The summed E-state index contributed by atoms with van der Waals surface area (Å²) in [4.78, 5) is 11.7. The van der Waals surface area contributed by atoms with E-state index in [4.69, 9.17) is 0 Å². The average Bonchev–Trinajstić information content (AvgIpc) is 2.49. The fourth-order valence-corrected chi connectivity index (χ4v) is 1.61. The summed E-state index contributed by atoms with van der Waals surface area (Å²) in [6.07, 6.45) is 0.0306. The van der Waals surface area contributed by atoms with E-state index in [9.17, 15) is 15.0 Å². The molecule has 102 valence electrons. The van der Waals surface area contributed by atoms with Gasteiger partial charge < -0.3 is 10.2 Å². The van der Waals surface area contributed by atoms with Crippen LogP contribution in [0.5, 0.6) is 5.75 Å². The molecule has 20 heavy (non-hydrogen) atoms. The molecule has 1 unspecified atom stereocenters. The van der Waals surface area contributed by atoms with Crippen molar-refractivity contribution in [3.8, 4) is 5.75 Å². The first kappa shape index (κ1) is 13.8. The van der Waals surface area contributed by atoms with Gasteiger partial charge >= 0.3 is 0 Å². The molecule has 2 aromatic carbocycles. The molecule has 1 atom stereocenters. The van der Waals surface area contributed by atoms with Gasteiger partial charge in [0.25, 0.3) is 5.91 Å². The van der Waals surface area contributed by atoms with Gasteiger partial charge in [-0.2, -0.15) is 5.10 Å². The van der Waals surface area contributed by atoms with Gasteiger partial charge in [0, 0.05) is 5.56 Å². The third-order valence-corrected chi connectivity index (χ3v) is 2.68. The molecule has 0 aromatic heterocycles. The van der Waals surface area contributed by atoms with Gasteiger partial charge in [-0.1, -0.05) is 42.5 Å². The molecule has 0 heterocycles. The first-order valence-corrected chi connectivity index (χ1v) is 6.02. The molecule has 0 aliphatic heterocycles.